The van der Waals surface area contributed by atoms with Crippen LogP contribution in [0.3, 0.4) is 0 Å². The molecule has 0 rings (SSSR count). The van der Waals surface area contributed by atoms with E-state index in [2.05, 4.69) is 0 Å². The van der Waals surface area contributed by atoms with E-state index in [0.29, 0.717) is 13.1 Å². The maximum Gasteiger partial charge on any atom is 0.214 e. The molecule has 0 aliphatic rings. The Hall–Kier alpha value is -0.220. The van der Waals surface area contributed by atoms with Crippen molar-refractivity contribution < 1.29 is 8.78 Å². The fraction of sp³-hybridized carbons (Fsp3) is 1.00. The molecule has 0 N–H and O–H groups in total. The van der Waals surface area contributed by atoms with Crippen molar-refractivity contribution in [3.05, 3.63) is 0 Å². The lowest BCUT2D eigenvalue weighted by Gasteiger charge is -2.52. The lowest BCUT2D eigenvalue weighted by Crippen LogP contribution is -2.69. The average molecular weight is 264 g/mol. The second-order valence-corrected chi connectivity index (χ2v) is 5.72. The average Bonchev–Trinajstić information content (AvgIpc) is 2.27. The maximum absolute atomic E-state index is 15.6. The zero-order valence-corrected chi connectivity index (χ0v) is 13.2. The van der Waals surface area contributed by atoms with Crippen molar-refractivity contribution in [3.63, 3.8) is 0 Å². The number of rotatable bonds is 7. The second kappa shape index (κ2) is 6.29. The van der Waals surface area contributed by atoms with Crippen molar-refractivity contribution in [2.45, 2.75) is 53.1 Å². The van der Waals surface area contributed by atoms with E-state index >= 15 is 8.78 Å². The van der Waals surface area contributed by atoms with Crippen LogP contribution in [0.2, 0.25) is 0 Å². The molecule has 0 aliphatic carbocycles. The van der Waals surface area contributed by atoms with Gasteiger partial charge in [-0.15, -0.1) is 0 Å². The summed E-state index contributed by atoms with van der Waals surface area (Å²) in [7, 11) is 3.22. The first-order valence-corrected chi connectivity index (χ1v) is 6.90. The molecule has 0 bridgehead atoms. The van der Waals surface area contributed by atoms with Crippen LogP contribution in [-0.2, 0) is 0 Å². The normalized spacial score (nSPS) is 19.7. The highest BCUT2D eigenvalue weighted by molar-refractivity contribution is 5.02. The lowest BCUT2D eigenvalue weighted by molar-refractivity contribution is -0.246. The van der Waals surface area contributed by atoms with Gasteiger partial charge in [-0.3, -0.25) is 9.80 Å². The van der Waals surface area contributed by atoms with Crippen molar-refractivity contribution in [2.24, 2.45) is 11.8 Å². The van der Waals surface area contributed by atoms with Crippen molar-refractivity contribution in [2.75, 3.05) is 27.2 Å². The minimum Gasteiger partial charge on any atom is -0.273 e. The Morgan fingerprint density at radius 2 is 1.17 bits per heavy atom. The Morgan fingerprint density at radius 3 is 1.33 bits per heavy atom. The van der Waals surface area contributed by atoms with E-state index in [1.165, 1.54) is 4.90 Å². The smallest absolute Gasteiger partial charge is 0.214 e. The highest BCUT2D eigenvalue weighted by Crippen LogP contribution is 2.45. The first-order chi connectivity index (χ1) is 8.10. The third-order valence-corrected chi connectivity index (χ3v) is 3.90. The molecule has 0 spiro atoms. The summed E-state index contributed by atoms with van der Waals surface area (Å²) in [5.41, 5.74) is 0. The van der Waals surface area contributed by atoms with Gasteiger partial charge in [0, 0.05) is 11.8 Å². The van der Waals surface area contributed by atoms with Gasteiger partial charge in [0.25, 0.3) is 0 Å². The van der Waals surface area contributed by atoms with Gasteiger partial charge in [0.15, 0.2) is 0 Å². The monoisotopic (exact) mass is 264 g/mol. The predicted molar refractivity (Wildman–Crippen MR) is 74.0 cm³/mol. The minimum atomic E-state index is -2.01. The largest absolute Gasteiger partial charge is 0.273 e. The Kier molecular flexibility index (Phi) is 6.21. The van der Waals surface area contributed by atoms with Crippen LogP contribution in [0.25, 0.3) is 0 Å². The summed E-state index contributed by atoms with van der Waals surface area (Å²) in [6.45, 7) is 11.7. The highest BCUT2D eigenvalue weighted by Gasteiger charge is 2.61. The summed E-state index contributed by atoms with van der Waals surface area (Å²) < 4.78 is 31.1. The van der Waals surface area contributed by atoms with Gasteiger partial charge in [-0.25, -0.2) is 8.78 Å². The van der Waals surface area contributed by atoms with Crippen LogP contribution < -0.4 is 0 Å². The Bertz CT molecular complexity index is 242. The Morgan fingerprint density at radius 1 is 0.833 bits per heavy atom. The first-order valence-electron chi connectivity index (χ1n) is 6.90. The van der Waals surface area contributed by atoms with Crippen LogP contribution in [0.1, 0.15) is 41.5 Å². The zero-order valence-electron chi connectivity index (χ0n) is 13.2. The molecule has 0 aromatic carbocycles. The standard InChI is InChI=1S/C14H30F2N2/c1-9-18(10-2)14(16,12(5)6)13(15,11(3)4)17(7)8/h11-12H,9-10H2,1-8H3. The van der Waals surface area contributed by atoms with E-state index in [-0.39, 0.29) is 0 Å². The van der Waals surface area contributed by atoms with Crippen LogP contribution in [0.5, 0.6) is 0 Å². The van der Waals surface area contributed by atoms with Crippen LogP contribution in [0, 0.1) is 11.8 Å². The van der Waals surface area contributed by atoms with E-state index in [0.717, 1.165) is 0 Å². The molecule has 2 unspecified atom stereocenters. The van der Waals surface area contributed by atoms with Gasteiger partial charge in [-0.1, -0.05) is 41.5 Å². The molecular weight excluding hydrogens is 234 g/mol. The van der Waals surface area contributed by atoms with Crippen molar-refractivity contribution in [3.8, 4) is 0 Å². The van der Waals surface area contributed by atoms with Gasteiger partial charge < -0.3 is 0 Å². The summed E-state index contributed by atoms with van der Waals surface area (Å²) in [6.07, 6.45) is 0. The second-order valence-electron chi connectivity index (χ2n) is 5.72. The molecule has 0 amide bonds. The third kappa shape index (κ3) is 2.55. The van der Waals surface area contributed by atoms with Gasteiger partial charge in [0.2, 0.25) is 11.6 Å². The summed E-state index contributed by atoms with van der Waals surface area (Å²) in [4.78, 5) is 2.98. The van der Waals surface area contributed by atoms with Gasteiger partial charge in [0.05, 0.1) is 0 Å². The summed E-state index contributed by atoms with van der Waals surface area (Å²) in [6, 6.07) is 0. The van der Waals surface area contributed by atoms with Gasteiger partial charge in [-0.05, 0) is 27.2 Å². The molecule has 18 heavy (non-hydrogen) atoms. The van der Waals surface area contributed by atoms with Gasteiger partial charge >= 0.3 is 0 Å². The van der Waals surface area contributed by atoms with Crippen LogP contribution in [0.4, 0.5) is 8.78 Å². The molecule has 0 fully saturated rings. The predicted octanol–water partition coefficient (Wildman–Crippen LogP) is 3.53. The maximum atomic E-state index is 15.6. The van der Waals surface area contributed by atoms with E-state index in [9.17, 15) is 0 Å². The Balaban J connectivity index is 5.83. The molecule has 0 saturated carbocycles. The van der Waals surface area contributed by atoms with Crippen molar-refractivity contribution >= 4 is 0 Å². The summed E-state index contributed by atoms with van der Waals surface area (Å²) in [5, 5.41) is 0. The SMILES string of the molecule is CCN(CC)C(F)(C(C)C)C(F)(C(C)C)N(C)C. The first kappa shape index (κ1) is 17.8. The minimum absolute atomic E-state index is 0.424. The number of nitrogens with zero attached hydrogens (tertiary/aromatic N) is 2. The quantitative estimate of drug-likeness (QED) is 0.649. The van der Waals surface area contributed by atoms with E-state index < -0.39 is 23.4 Å². The number of halogens is 2. The molecule has 4 heteroatoms. The van der Waals surface area contributed by atoms with Crippen LogP contribution in [0.15, 0.2) is 0 Å². The number of likely N-dealkylation sites (N-methyl/N-ethyl adjacent to an activating group) is 2. The molecule has 0 radical (unpaired) electrons. The third-order valence-electron chi connectivity index (χ3n) is 3.90. The molecule has 0 heterocycles. The summed E-state index contributed by atoms with van der Waals surface area (Å²) >= 11 is 0. The zero-order chi connectivity index (χ0) is 14.7. The van der Waals surface area contributed by atoms with E-state index in [1.807, 2.05) is 13.8 Å². The number of hydrogen-bond acceptors (Lipinski definition) is 2. The topological polar surface area (TPSA) is 6.48 Å². The highest BCUT2D eigenvalue weighted by atomic mass is 19.2. The molecule has 0 saturated heterocycles. The van der Waals surface area contributed by atoms with Gasteiger partial charge in [-0.2, -0.15) is 0 Å². The van der Waals surface area contributed by atoms with Crippen LogP contribution in [-0.4, -0.2) is 48.6 Å². The molecule has 2 atom stereocenters. The fourth-order valence-electron chi connectivity index (χ4n) is 2.91. The molecule has 0 aromatic rings. The Labute approximate surface area is 111 Å². The lowest BCUT2D eigenvalue weighted by atomic mass is 9.81. The molecule has 110 valence electrons. The van der Waals surface area contributed by atoms with Gasteiger partial charge in [0.1, 0.15) is 0 Å². The molecule has 2 nitrogen and oxygen atoms in total. The van der Waals surface area contributed by atoms with E-state index in [4.69, 9.17) is 0 Å². The molecular formula is C14H30F2N2. The van der Waals surface area contributed by atoms with Crippen LogP contribution >= 0.6 is 0 Å². The summed E-state index contributed by atoms with van der Waals surface area (Å²) in [5.74, 6) is -4.85. The van der Waals surface area contributed by atoms with Crippen molar-refractivity contribution in [1.29, 1.82) is 0 Å². The molecule has 0 aromatic heterocycles. The number of hydrogen-bond donors (Lipinski definition) is 0. The van der Waals surface area contributed by atoms with E-state index in [1.54, 1.807) is 46.7 Å². The fourth-order valence-corrected chi connectivity index (χ4v) is 2.91. The molecule has 0 aliphatic heterocycles. The number of alkyl halides is 2. The van der Waals surface area contributed by atoms with Crippen molar-refractivity contribution in [1.82, 2.24) is 9.80 Å².